The van der Waals surface area contributed by atoms with Crippen molar-refractivity contribution >= 4 is 12.4 Å². The first-order valence-electron chi connectivity index (χ1n) is 3.86. The van der Waals surface area contributed by atoms with Crippen LogP contribution in [-0.4, -0.2) is 12.1 Å². The highest BCUT2D eigenvalue weighted by Crippen LogP contribution is 2.07. The van der Waals surface area contributed by atoms with Crippen LogP contribution >= 0.6 is 12.4 Å². The van der Waals surface area contributed by atoms with E-state index in [1.165, 1.54) is 0 Å². The van der Waals surface area contributed by atoms with Gasteiger partial charge >= 0.3 is 0 Å². The van der Waals surface area contributed by atoms with Crippen molar-refractivity contribution in [1.82, 2.24) is 5.32 Å². The summed E-state index contributed by atoms with van der Waals surface area (Å²) in [6.07, 6.45) is 8.66. The molecule has 64 valence electrons. The van der Waals surface area contributed by atoms with E-state index in [2.05, 4.69) is 31.0 Å². The third-order valence-corrected chi connectivity index (χ3v) is 1.80. The van der Waals surface area contributed by atoms with Crippen molar-refractivity contribution in [3.63, 3.8) is 0 Å². The van der Waals surface area contributed by atoms with Crippen LogP contribution in [0.2, 0.25) is 0 Å². The topological polar surface area (TPSA) is 12.0 Å². The molecular formula is C9H16ClN. The van der Waals surface area contributed by atoms with Crippen LogP contribution in [0.3, 0.4) is 0 Å². The highest BCUT2D eigenvalue weighted by atomic mass is 35.5. The lowest BCUT2D eigenvalue weighted by molar-refractivity contribution is 0.472. The molecule has 1 aliphatic heterocycles. The largest absolute Gasteiger partial charge is 0.307 e. The van der Waals surface area contributed by atoms with Crippen LogP contribution in [0.5, 0.6) is 0 Å². The summed E-state index contributed by atoms with van der Waals surface area (Å²) >= 11 is 0. The van der Waals surface area contributed by atoms with E-state index in [9.17, 15) is 0 Å². The minimum Gasteiger partial charge on any atom is -0.307 e. The van der Waals surface area contributed by atoms with Gasteiger partial charge in [0.2, 0.25) is 0 Å². The SMILES string of the molecule is C=CC[C@H]1CC=C[C@H](C)N1.Cl. The minimum absolute atomic E-state index is 0. The molecule has 1 N–H and O–H groups in total. The Labute approximate surface area is 75.0 Å². The Bertz CT molecular complexity index is 142. The van der Waals surface area contributed by atoms with Crippen molar-refractivity contribution < 1.29 is 0 Å². The van der Waals surface area contributed by atoms with Crippen LogP contribution in [0, 0.1) is 0 Å². The average molecular weight is 174 g/mol. The molecule has 0 aromatic heterocycles. The van der Waals surface area contributed by atoms with Gasteiger partial charge < -0.3 is 5.32 Å². The third kappa shape index (κ3) is 3.59. The minimum atomic E-state index is 0. The van der Waals surface area contributed by atoms with Crippen molar-refractivity contribution in [2.75, 3.05) is 0 Å². The van der Waals surface area contributed by atoms with Crippen molar-refractivity contribution in [3.8, 4) is 0 Å². The first-order valence-corrected chi connectivity index (χ1v) is 3.86. The lowest BCUT2D eigenvalue weighted by Gasteiger charge is -2.23. The first-order chi connectivity index (χ1) is 4.83. The number of halogens is 1. The van der Waals surface area contributed by atoms with Gasteiger partial charge in [0.05, 0.1) is 0 Å². The molecule has 11 heavy (non-hydrogen) atoms. The van der Waals surface area contributed by atoms with Gasteiger partial charge in [0.1, 0.15) is 0 Å². The molecule has 0 saturated carbocycles. The molecule has 0 aromatic rings. The van der Waals surface area contributed by atoms with Gasteiger partial charge in [-0.3, -0.25) is 0 Å². The fourth-order valence-electron chi connectivity index (χ4n) is 1.31. The zero-order chi connectivity index (χ0) is 7.40. The maximum Gasteiger partial charge on any atom is 0.0224 e. The molecule has 2 atom stereocenters. The zero-order valence-corrected chi connectivity index (χ0v) is 7.73. The maximum atomic E-state index is 3.72. The Morgan fingerprint density at radius 3 is 3.00 bits per heavy atom. The Hall–Kier alpha value is -0.270. The summed E-state index contributed by atoms with van der Waals surface area (Å²) in [6.45, 7) is 5.89. The van der Waals surface area contributed by atoms with Crippen LogP contribution in [-0.2, 0) is 0 Å². The summed E-state index contributed by atoms with van der Waals surface area (Å²) in [6, 6.07) is 1.16. The molecule has 0 bridgehead atoms. The molecule has 0 spiro atoms. The molecule has 1 rings (SSSR count). The van der Waals surface area contributed by atoms with Crippen molar-refractivity contribution in [3.05, 3.63) is 24.8 Å². The summed E-state index contributed by atoms with van der Waals surface area (Å²) in [5, 5.41) is 3.46. The number of nitrogens with one attached hydrogen (secondary N) is 1. The van der Waals surface area contributed by atoms with Crippen LogP contribution in [0.4, 0.5) is 0 Å². The summed E-state index contributed by atoms with van der Waals surface area (Å²) in [5.74, 6) is 0. The molecule has 0 saturated heterocycles. The molecule has 0 amide bonds. The predicted octanol–water partition coefficient (Wildman–Crippen LogP) is 2.29. The van der Waals surface area contributed by atoms with Gasteiger partial charge in [-0.15, -0.1) is 19.0 Å². The van der Waals surface area contributed by atoms with Crippen LogP contribution in [0.1, 0.15) is 19.8 Å². The van der Waals surface area contributed by atoms with Crippen LogP contribution in [0.15, 0.2) is 24.8 Å². The van der Waals surface area contributed by atoms with E-state index >= 15 is 0 Å². The quantitative estimate of drug-likeness (QED) is 0.632. The van der Waals surface area contributed by atoms with E-state index < -0.39 is 0 Å². The van der Waals surface area contributed by atoms with Crippen molar-refractivity contribution in [1.29, 1.82) is 0 Å². The first kappa shape index (κ1) is 10.7. The lowest BCUT2D eigenvalue weighted by Crippen LogP contribution is -2.37. The zero-order valence-electron chi connectivity index (χ0n) is 6.92. The Kier molecular flexibility index (Phi) is 5.26. The van der Waals surface area contributed by atoms with Gasteiger partial charge in [-0.1, -0.05) is 18.2 Å². The highest BCUT2D eigenvalue weighted by molar-refractivity contribution is 5.85. The van der Waals surface area contributed by atoms with Gasteiger partial charge in [0.25, 0.3) is 0 Å². The normalized spacial score (nSPS) is 29.2. The molecule has 0 fully saturated rings. The second-order valence-electron chi connectivity index (χ2n) is 2.84. The van der Waals surface area contributed by atoms with Crippen LogP contribution < -0.4 is 5.32 Å². The monoisotopic (exact) mass is 173 g/mol. The molecule has 1 aliphatic rings. The van der Waals surface area contributed by atoms with E-state index in [4.69, 9.17) is 0 Å². The van der Waals surface area contributed by atoms with Gasteiger partial charge in [-0.2, -0.15) is 0 Å². The summed E-state index contributed by atoms with van der Waals surface area (Å²) in [7, 11) is 0. The van der Waals surface area contributed by atoms with E-state index in [1.807, 2.05) is 6.08 Å². The summed E-state index contributed by atoms with van der Waals surface area (Å²) in [4.78, 5) is 0. The third-order valence-electron chi connectivity index (χ3n) is 1.80. The molecule has 0 radical (unpaired) electrons. The second kappa shape index (κ2) is 5.39. The average Bonchev–Trinajstić information content (AvgIpc) is 1.88. The van der Waals surface area contributed by atoms with E-state index in [-0.39, 0.29) is 12.4 Å². The summed E-state index contributed by atoms with van der Waals surface area (Å²) < 4.78 is 0. The molecular weight excluding hydrogens is 158 g/mol. The van der Waals surface area contributed by atoms with E-state index in [0.29, 0.717) is 12.1 Å². The number of hydrogen-bond acceptors (Lipinski definition) is 1. The van der Waals surface area contributed by atoms with Crippen LogP contribution in [0.25, 0.3) is 0 Å². The second-order valence-corrected chi connectivity index (χ2v) is 2.84. The van der Waals surface area contributed by atoms with E-state index in [0.717, 1.165) is 12.8 Å². The predicted molar refractivity (Wildman–Crippen MR) is 52.2 cm³/mol. The number of hydrogen-bond donors (Lipinski definition) is 1. The van der Waals surface area contributed by atoms with Gasteiger partial charge in [-0.25, -0.2) is 0 Å². The molecule has 1 nitrogen and oxygen atoms in total. The fraction of sp³-hybridized carbons (Fsp3) is 0.556. The van der Waals surface area contributed by atoms with Gasteiger partial charge in [-0.05, 0) is 19.8 Å². The highest BCUT2D eigenvalue weighted by Gasteiger charge is 2.10. The Morgan fingerprint density at radius 2 is 2.45 bits per heavy atom. The molecule has 0 unspecified atom stereocenters. The van der Waals surface area contributed by atoms with Gasteiger partial charge in [0.15, 0.2) is 0 Å². The molecule has 0 aliphatic carbocycles. The molecule has 0 aromatic carbocycles. The summed E-state index contributed by atoms with van der Waals surface area (Å²) in [5.41, 5.74) is 0. The molecule has 1 heterocycles. The standard InChI is InChI=1S/C9H15N.ClH/c1-3-5-9-7-4-6-8(2)10-9;/h3-4,6,8-10H,1,5,7H2,2H3;1H/t8-,9-;/m0./s1. The lowest BCUT2D eigenvalue weighted by atomic mass is 10.0. The fourth-order valence-corrected chi connectivity index (χ4v) is 1.31. The Balaban J connectivity index is 0.000001000. The molecule has 2 heteroatoms. The van der Waals surface area contributed by atoms with Gasteiger partial charge in [0, 0.05) is 12.1 Å². The van der Waals surface area contributed by atoms with Crippen molar-refractivity contribution in [2.45, 2.75) is 31.8 Å². The Morgan fingerprint density at radius 1 is 1.73 bits per heavy atom. The van der Waals surface area contributed by atoms with E-state index in [1.54, 1.807) is 0 Å². The smallest absolute Gasteiger partial charge is 0.0224 e. The maximum absolute atomic E-state index is 3.72. The van der Waals surface area contributed by atoms with Crippen molar-refractivity contribution in [2.24, 2.45) is 0 Å². The number of rotatable bonds is 2.